The Hall–Kier alpha value is -1.12. The SMILES string of the molecule is C=CC1=C(C)CC=C([C@@H](O[Si](C)(C)C)C2=CCCCC2(C)C=C)C1(C)C. The minimum absolute atomic E-state index is 0.0179. The van der Waals surface area contributed by atoms with Gasteiger partial charge in [-0.25, -0.2) is 0 Å². The summed E-state index contributed by atoms with van der Waals surface area (Å²) in [6.45, 7) is 24.4. The number of hydrogen-bond donors (Lipinski definition) is 0. The third-order valence-corrected chi connectivity index (χ3v) is 7.04. The minimum Gasteiger partial charge on any atom is -0.407 e. The molecule has 0 heterocycles. The smallest absolute Gasteiger partial charge is 0.185 e. The Labute approximate surface area is 162 Å². The molecular formula is C24H38OSi. The van der Waals surface area contributed by atoms with Crippen molar-refractivity contribution in [2.45, 2.75) is 79.1 Å². The van der Waals surface area contributed by atoms with Gasteiger partial charge in [-0.05, 0) is 69.0 Å². The maximum absolute atomic E-state index is 6.88. The molecular weight excluding hydrogens is 332 g/mol. The Kier molecular flexibility index (Phi) is 6.09. The maximum atomic E-state index is 6.88. The maximum Gasteiger partial charge on any atom is 0.185 e. The fourth-order valence-electron chi connectivity index (χ4n) is 4.56. The average Bonchev–Trinajstić information content (AvgIpc) is 2.52. The van der Waals surface area contributed by atoms with Gasteiger partial charge in [0.05, 0.1) is 6.10 Å². The highest BCUT2D eigenvalue weighted by Crippen LogP contribution is 2.50. The lowest BCUT2D eigenvalue weighted by Crippen LogP contribution is -2.42. The third kappa shape index (κ3) is 4.07. The van der Waals surface area contributed by atoms with Crippen molar-refractivity contribution in [1.82, 2.24) is 0 Å². The predicted octanol–water partition coefficient (Wildman–Crippen LogP) is 7.37. The molecule has 0 saturated carbocycles. The summed E-state index contributed by atoms with van der Waals surface area (Å²) in [4.78, 5) is 0. The van der Waals surface area contributed by atoms with E-state index in [1.807, 2.05) is 0 Å². The average molecular weight is 371 g/mol. The van der Waals surface area contributed by atoms with E-state index in [9.17, 15) is 0 Å². The predicted molar refractivity (Wildman–Crippen MR) is 118 cm³/mol. The summed E-state index contributed by atoms with van der Waals surface area (Å²) in [6.07, 6.45) is 13.6. The van der Waals surface area contributed by atoms with Crippen LogP contribution in [0.2, 0.25) is 19.6 Å². The summed E-state index contributed by atoms with van der Waals surface area (Å²) in [7, 11) is -1.73. The summed E-state index contributed by atoms with van der Waals surface area (Å²) in [5.41, 5.74) is 5.56. The van der Waals surface area contributed by atoms with Crippen molar-refractivity contribution in [1.29, 1.82) is 0 Å². The van der Waals surface area contributed by atoms with Crippen molar-refractivity contribution < 1.29 is 4.43 Å². The van der Waals surface area contributed by atoms with E-state index in [2.05, 4.69) is 84.8 Å². The van der Waals surface area contributed by atoms with Crippen molar-refractivity contribution in [3.8, 4) is 0 Å². The van der Waals surface area contributed by atoms with E-state index in [-0.39, 0.29) is 16.9 Å². The molecule has 2 atom stereocenters. The van der Waals surface area contributed by atoms with E-state index in [1.54, 1.807) is 0 Å². The van der Waals surface area contributed by atoms with E-state index in [4.69, 9.17) is 4.43 Å². The van der Waals surface area contributed by atoms with Crippen LogP contribution in [0.4, 0.5) is 0 Å². The molecule has 2 heteroatoms. The lowest BCUT2D eigenvalue weighted by molar-refractivity contribution is 0.206. The molecule has 26 heavy (non-hydrogen) atoms. The first-order valence-corrected chi connectivity index (χ1v) is 13.4. The molecule has 2 aliphatic carbocycles. The minimum atomic E-state index is -1.73. The summed E-state index contributed by atoms with van der Waals surface area (Å²) in [6, 6.07) is 0. The fraction of sp³-hybridized carbons (Fsp3) is 0.583. The van der Waals surface area contributed by atoms with Crippen LogP contribution in [0, 0.1) is 10.8 Å². The van der Waals surface area contributed by atoms with Crippen LogP contribution < -0.4 is 0 Å². The molecule has 0 fully saturated rings. The van der Waals surface area contributed by atoms with Gasteiger partial charge in [-0.3, -0.25) is 0 Å². The molecule has 0 radical (unpaired) electrons. The van der Waals surface area contributed by atoms with E-state index in [1.165, 1.54) is 28.7 Å². The van der Waals surface area contributed by atoms with Crippen LogP contribution in [0.1, 0.15) is 53.4 Å². The van der Waals surface area contributed by atoms with Crippen LogP contribution in [0.15, 0.2) is 59.8 Å². The molecule has 1 unspecified atom stereocenters. The molecule has 0 aromatic carbocycles. The highest BCUT2D eigenvalue weighted by atomic mass is 28.4. The monoisotopic (exact) mass is 370 g/mol. The standard InChI is InChI=1S/C24H38OSi/c1-10-19-18(3)15-16-20(23(19,4)5)22(25-26(7,8)9)21-14-12-13-17-24(21,6)11-2/h10-11,14,16,22H,1-2,12-13,15,17H2,3-9H3/t22-,24?/m1/s1. The van der Waals surface area contributed by atoms with Crippen molar-refractivity contribution in [3.05, 3.63) is 59.8 Å². The summed E-state index contributed by atoms with van der Waals surface area (Å²) in [5.74, 6) is 0. The van der Waals surface area contributed by atoms with Gasteiger partial charge in [-0.15, -0.1) is 6.58 Å². The van der Waals surface area contributed by atoms with Gasteiger partial charge in [0.1, 0.15) is 0 Å². The highest BCUT2D eigenvalue weighted by Gasteiger charge is 2.43. The Morgan fingerprint density at radius 2 is 1.77 bits per heavy atom. The molecule has 1 nitrogen and oxygen atoms in total. The second kappa shape index (κ2) is 7.48. The fourth-order valence-corrected chi connectivity index (χ4v) is 5.52. The largest absolute Gasteiger partial charge is 0.407 e. The lowest BCUT2D eigenvalue weighted by Gasteiger charge is -2.46. The highest BCUT2D eigenvalue weighted by molar-refractivity contribution is 6.69. The molecule has 0 aromatic heterocycles. The zero-order chi connectivity index (χ0) is 19.8. The number of rotatable bonds is 6. The summed E-state index contributed by atoms with van der Waals surface area (Å²) < 4.78 is 6.88. The van der Waals surface area contributed by atoms with Gasteiger partial charge in [-0.2, -0.15) is 0 Å². The van der Waals surface area contributed by atoms with Crippen LogP contribution in [0.3, 0.4) is 0 Å². The number of hydrogen-bond acceptors (Lipinski definition) is 1. The molecule has 0 spiro atoms. The second-order valence-corrected chi connectivity index (χ2v) is 14.1. The summed E-state index contributed by atoms with van der Waals surface area (Å²) in [5, 5.41) is 0. The second-order valence-electron chi connectivity index (χ2n) is 9.67. The topological polar surface area (TPSA) is 9.23 Å². The Balaban J connectivity index is 2.58. The molecule has 0 saturated heterocycles. The van der Waals surface area contributed by atoms with Crippen molar-refractivity contribution in [3.63, 3.8) is 0 Å². The molecule has 0 aliphatic heterocycles. The van der Waals surface area contributed by atoms with Crippen LogP contribution in [-0.2, 0) is 4.43 Å². The van der Waals surface area contributed by atoms with Crippen LogP contribution in [-0.4, -0.2) is 14.4 Å². The third-order valence-electron chi connectivity index (χ3n) is 6.10. The van der Waals surface area contributed by atoms with E-state index in [0.29, 0.717) is 0 Å². The first-order valence-electron chi connectivity index (χ1n) is 10.0. The first kappa shape index (κ1) is 21.2. The van der Waals surface area contributed by atoms with E-state index < -0.39 is 8.32 Å². The van der Waals surface area contributed by atoms with E-state index >= 15 is 0 Å². The quantitative estimate of drug-likeness (QED) is 0.350. The van der Waals surface area contributed by atoms with Crippen LogP contribution in [0.25, 0.3) is 0 Å². The molecule has 0 aromatic rings. The Morgan fingerprint density at radius 1 is 1.12 bits per heavy atom. The van der Waals surface area contributed by atoms with Crippen molar-refractivity contribution >= 4 is 8.32 Å². The van der Waals surface area contributed by atoms with Gasteiger partial charge in [-0.1, -0.05) is 57.2 Å². The van der Waals surface area contributed by atoms with Crippen LogP contribution >= 0.6 is 0 Å². The van der Waals surface area contributed by atoms with Gasteiger partial charge in [0.25, 0.3) is 0 Å². The molecule has 0 N–H and O–H groups in total. The Bertz CT molecular complexity index is 669. The van der Waals surface area contributed by atoms with Crippen LogP contribution in [0.5, 0.6) is 0 Å². The molecule has 0 bridgehead atoms. The Morgan fingerprint density at radius 3 is 2.31 bits per heavy atom. The van der Waals surface area contributed by atoms with Gasteiger partial charge in [0.2, 0.25) is 0 Å². The van der Waals surface area contributed by atoms with Gasteiger partial charge >= 0.3 is 0 Å². The number of allylic oxidation sites excluding steroid dienone is 6. The van der Waals surface area contributed by atoms with Gasteiger partial charge < -0.3 is 4.43 Å². The normalized spacial score (nSPS) is 27.5. The summed E-state index contributed by atoms with van der Waals surface area (Å²) >= 11 is 0. The molecule has 2 aliphatic rings. The zero-order valence-corrected chi connectivity index (χ0v) is 19.0. The zero-order valence-electron chi connectivity index (χ0n) is 18.0. The molecule has 0 amide bonds. The van der Waals surface area contributed by atoms with E-state index in [0.717, 1.165) is 19.3 Å². The van der Waals surface area contributed by atoms with Gasteiger partial charge in [0.15, 0.2) is 8.32 Å². The van der Waals surface area contributed by atoms with Crippen molar-refractivity contribution in [2.75, 3.05) is 0 Å². The van der Waals surface area contributed by atoms with Crippen molar-refractivity contribution in [2.24, 2.45) is 10.8 Å². The lowest BCUT2D eigenvalue weighted by atomic mass is 9.64. The molecule has 144 valence electrons. The molecule has 2 rings (SSSR count). The first-order chi connectivity index (χ1) is 12.0. The van der Waals surface area contributed by atoms with Gasteiger partial charge in [0, 0.05) is 10.8 Å².